The average Bonchev–Trinajstić information content (AvgIpc) is 2.28. The van der Waals surface area contributed by atoms with Crippen molar-refractivity contribution in [2.45, 2.75) is 33.2 Å². The maximum atomic E-state index is 11.6. The van der Waals surface area contributed by atoms with E-state index in [0.717, 1.165) is 24.2 Å². The second kappa shape index (κ2) is 6.10. The average molecular weight is 221 g/mol. The first-order valence-corrected chi connectivity index (χ1v) is 5.60. The number of amides is 1. The van der Waals surface area contributed by atoms with Gasteiger partial charge >= 0.3 is 0 Å². The smallest absolute Gasteiger partial charge is 0.242 e. The number of aromatic nitrogens is 1. The molecule has 0 aliphatic carbocycles. The number of aryl methyl sites for hydroxylation is 1. The number of anilines is 1. The molecule has 1 aromatic heterocycles. The highest BCUT2D eigenvalue weighted by atomic mass is 16.2. The van der Waals surface area contributed by atoms with E-state index in [1.54, 1.807) is 12.4 Å². The summed E-state index contributed by atoms with van der Waals surface area (Å²) in [6.07, 6.45) is 4.44. The molecule has 1 unspecified atom stereocenters. The van der Waals surface area contributed by atoms with Gasteiger partial charge in [-0.3, -0.25) is 9.78 Å². The number of nitrogens with zero attached hydrogens (tertiary/aromatic N) is 1. The maximum absolute atomic E-state index is 11.6. The molecule has 0 fully saturated rings. The SMILES string of the molecule is CCCNC(=O)C(C)Nc1ccncc1C. The van der Waals surface area contributed by atoms with E-state index in [0.29, 0.717) is 0 Å². The van der Waals surface area contributed by atoms with Crippen LogP contribution in [0.15, 0.2) is 18.5 Å². The van der Waals surface area contributed by atoms with Crippen LogP contribution < -0.4 is 10.6 Å². The fourth-order valence-electron chi connectivity index (χ4n) is 1.34. The minimum absolute atomic E-state index is 0.0260. The van der Waals surface area contributed by atoms with Crippen molar-refractivity contribution in [3.8, 4) is 0 Å². The fraction of sp³-hybridized carbons (Fsp3) is 0.500. The minimum atomic E-state index is -0.229. The number of hydrogen-bond acceptors (Lipinski definition) is 3. The van der Waals surface area contributed by atoms with Crippen LogP contribution in [-0.4, -0.2) is 23.5 Å². The van der Waals surface area contributed by atoms with Crippen molar-refractivity contribution in [1.82, 2.24) is 10.3 Å². The molecule has 4 heteroatoms. The van der Waals surface area contributed by atoms with Crippen LogP contribution in [0.1, 0.15) is 25.8 Å². The Morgan fingerprint density at radius 1 is 1.56 bits per heavy atom. The monoisotopic (exact) mass is 221 g/mol. The summed E-state index contributed by atoms with van der Waals surface area (Å²) < 4.78 is 0. The van der Waals surface area contributed by atoms with Crippen LogP contribution >= 0.6 is 0 Å². The van der Waals surface area contributed by atoms with Gasteiger partial charge in [-0.1, -0.05) is 6.92 Å². The number of carbonyl (C=O) groups excluding carboxylic acids is 1. The molecule has 2 N–H and O–H groups in total. The van der Waals surface area contributed by atoms with Crippen LogP contribution in [0.3, 0.4) is 0 Å². The van der Waals surface area contributed by atoms with Crippen LogP contribution in [-0.2, 0) is 4.79 Å². The second-order valence-electron chi connectivity index (χ2n) is 3.85. The largest absolute Gasteiger partial charge is 0.374 e. The standard InChI is InChI=1S/C12H19N3O/c1-4-6-14-12(16)10(3)15-11-5-7-13-8-9(11)2/h5,7-8,10H,4,6H2,1-3H3,(H,13,15)(H,14,16). The summed E-state index contributed by atoms with van der Waals surface area (Å²) in [5.41, 5.74) is 1.99. The molecule has 0 aliphatic heterocycles. The molecule has 1 aromatic rings. The Morgan fingerprint density at radius 3 is 2.94 bits per heavy atom. The lowest BCUT2D eigenvalue weighted by Gasteiger charge is -2.16. The van der Waals surface area contributed by atoms with Crippen molar-refractivity contribution in [3.63, 3.8) is 0 Å². The van der Waals surface area contributed by atoms with Crippen LogP contribution in [0, 0.1) is 6.92 Å². The van der Waals surface area contributed by atoms with Crippen LogP contribution in [0.25, 0.3) is 0 Å². The van der Waals surface area contributed by atoms with E-state index in [9.17, 15) is 4.79 Å². The molecule has 1 heterocycles. The molecule has 0 saturated heterocycles. The number of carbonyl (C=O) groups is 1. The van der Waals surface area contributed by atoms with Gasteiger partial charge in [-0.2, -0.15) is 0 Å². The van der Waals surface area contributed by atoms with Crippen molar-refractivity contribution >= 4 is 11.6 Å². The van der Waals surface area contributed by atoms with E-state index in [1.165, 1.54) is 0 Å². The Kier molecular flexibility index (Phi) is 4.76. The number of rotatable bonds is 5. The Morgan fingerprint density at radius 2 is 2.31 bits per heavy atom. The lowest BCUT2D eigenvalue weighted by atomic mass is 10.2. The first-order chi connectivity index (χ1) is 7.65. The van der Waals surface area contributed by atoms with E-state index in [4.69, 9.17) is 0 Å². The third kappa shape index (κ3) is 3.53. The van der Waals surface area contributed by atoms with Crippen molar-refractivity contribution in [1.29, 1.82) is 0 Å². The lowest BCUT2D eigenvalue weighted by molar-refractivity contribution is -0.121. The van der Waals surface area contributed by atoms with E-state index in [-0.39, 0.29) is 11.9 Å². The second-order valence-corrected chi connectivity index (χ2v) is 3.85. The van der Waals surface area contributed by atoms with Crippen LogP contribution in [0.2, 0.25) is 0 Å². The topological polar surface area (TPSA) is 54.0 Å². The van der Waals surface area contributed by atoms with Gasteiger partial charge in [0.25, 0.3) is 0 Å². The van der Waals surface area contributed by atoms with Gasteiger partial charge in [0.15, 0.2) is 0 Å². The fourth-order valence-corrected chi connectivity index (χ4v) is 1.34. The molecule has 0 radical (unpaired) electrons. The molecule has 1 rings (SSSR count). The third-order valence-corrected chi connectivity index (χ3v) is 2.33. The van der Waals surface area contributed by atoms with Gasteiger partial charge in [0.05, 0.1) is 0 Å². The Hall–Kier alpha value is -1.58. The third-order valence-electron chi connectivity index (χ3n) is 2.33. The molecule has 16 heavy (non-hydrogen) atoms. The molecule has 0 aromatic carbocycles. The molecule has 0 saturated carbocycles. The highest BCUT2D eigenvalue weighted by Gasteiger charge is 2.12. The summed E-state index contributed by atoms with van der Waals surface area (Å²) in [5, 5.41) is 6.02. The molecule has 0 aliphatic rings. The van der Waals surface area contributed by atoms with E-state index >= 15 is 0 Å². The van der Waals surface area contributed by atoms with Crippen molar-refractivity contribution in [2.75, 3.05) is 11.9 Å². The van der Waals surface area contributed by atoms with Gasteiger partial charge in [0.1, 0.15) is 6.04 Å². The number of pyridine rings is 1. The van der Waals surface area contributed by atoms with Crippen molar-refractivity contribution < 1.29 is 4.79 Å². The molecular weight excluding hydrogens is 202 g/mol. The zero-order valence-electron chi connectivity index (χ0n) is 10.1. The summed E-state index contributed by atoms with van der Waals surface area (Å²) >= 11 is 0. The van der Waals surface area contributed by atoms with E-state index in [1.807, 2.05) is 26.8 Å². The molecule has 0 spiro atoms. The lowest BCUT2D eigenvalue weighted by Crippen LogP contribution is -2.38. The van der Waals surface area contributed by atoms with Gasteiger partial charge in [-0.25, -0.2) is 0 Å². The van der Waals surface area contributed by atoms with E-state index in [2.05, 4.69) is 15.6 Å². The van der Waals surface area contributed by atoms with Gasteiger partial charge in [-0.05, 0) is 31.9 Å². The van der Waals surface area contributed by atoms with Gasteiger partial charge in [-0.15, -0.1) is 0 Å². The summed E-state index contributed by atoms with van der Waals surface area (Å²) in [4.78, 5) is 15.6. The van der Waals surface area contributed by atoms with Gasteiger partial charge in [0, 0.05) is 24.6 Å². The first kappa shape index (κ1) is 12.5. The Bertz CT molecular complexity index is 352. The number of nitrogens with one attached hydrogen (secondary N) is 2. The molecule has 88 valence electrons. The minimum Gasteiger partial charge on any atom is -0.374 e. The molecule has 1 amide bonds. The predicted molar refractivity (Wildman–Crippen MR) is 65.4 cm³/mol. The number of hydrogen-bond donors (Lipinski definition) is 2. The zero-order chi connectivity index (χ0) is 12.0. The molecular formula is C12H19N3O. The molecule has 4 nitrogen and oxygen atoms in total. The predicted octanol–water partition coefficient (Wildman–Crippen LogP) is 1.72. The van der Waals surface area contributed by atoms with Crippen LogP contribution in [0.4, 0.5) is 5.69 Å². The summed E-state index contributed by atoms with van der Waals surface area (Å²) in [6, 6.07) is 1.64. The summed E-state index contributed by atoms with van der Waals surface area (Å²) in [5.74, 6) is 0.0260. The highest BCUT2D eigenvalue weighted by Crippen LogP contribution is 2.12. The zero-order valence-corrected chi connectivity index (χ0v) is 10.1. The highest BCUT2D eigenvalue weighted by molar-refractivity contribution is 5.84. The first-order valence-electron chi connectivity index (χ1n) is 5.60. The maximum Gasteiger partial charge on any atom is 0.242 e. The molecule has 1 atom stereocenters. The Balaban J connectivity index is 2.54. The van der Waals surface area contributed by atoms with Crippen molar-refractivity contribution in [3.05, 3.63) is 24.0 Å². The van der Waals surface area contributed by atoms with Gasteiger partial charge in [0.2, 0.25) is 5.91 Å². The summed E-state index contributed by atoms with van der Waals surface area (Å²) in [6.45, 7) is 6.57. The molecule has 0 bridgehead atoms. The Labute approximate surface area is 96.5 Å². The normalized spacial score (nSPS) is 11.9. The van der Waals surface area contributed by atoms with Gasteiger partial charge < -0.3 is 10.6 Å². The van der Waals surface area contributed by atoms with Crippen molar-refractivity contribution in [2.24, 2.45) is 0 Å². The quantitative estimate of drug-likeness (QED) is 0.796. The summed E-state index contributed by atoms with van der Waals surface area (Å²) in [7, 11) is 0. The van der Waals surface area contributed by atoms with Crippen LogP contribution in [0.5, 0.6) is 0 Å². The van der Waals surface area contributed by atoms with E-state index < -0.39 is 0 Å².